The first-order valence-electron chi connectivity index (χ1n) is 6.40. The van der Waals surface area contributed by atoms with E-state index < -0.39 is 0 Å². The van der Waals surface area contributed by atoms with Gasteiger partial charge >= 0.3 is 0 Å². The van der Waals surface area contributed by atoms with Crippen molar-refractivity contribution in [2.24, 2.45) is 0 Å². The minimum Gasteiger partial charge on any atom is -0.464 e. The van der Waals surface area contributed by atoms with Crippen molar-refractivity contribution in [1.29, 1.82) is 0 Å². The van der Waals surface area contributed by atoms with Gasteiger partial charge in [-0.05, 0) is 69.3 Å². The maximum atomic E-state index is 5.50. The lowest BCUT2D eigenvalue weighted by molar-refractivity contribution is 0.419. The van der Waals surface area contributed by atoms with E-state index in [0.717, 1.165) is 18.5 Å². The number of hydrogen-bond acceptors (Lipinski definition) is 2. The van der Waals surface area contributed by atoms with Crippen molar-refractivity contribution in [3.63, 3.8) is 0 Å². The number of hydrogen-bond donors (Lipinski definition) is 0. The van der Waals surface area contributed by atoms with E-state index in [1.165, 1.54) is 22.1 Å². The fraction of sp³-hybridized carbons (Fsp3) is 0.375. The number of benzene rings is 1. The van der Waals surface area contributed by atoms with Gasteiger partial charge in [0.15, 0.2) is 0 Å². The second-order valence-corrected chi connectivity index (χ2v) is 4.99. The van der Waals surface area contributed by atoms with Crippen molar-refractivity contribution < 1.29 is 4.42 Å². The molecule has 0 saturated heterocycles. The molecule has 1 aromatic carbocycles. The normalized spacial score (nSPS) is 12.6. The molecule has 0 atom stereocenters. The zero-order chi connectivity index (χ0) is 13.1. The molecule has 0 aliphatic carbocycles. The molecule has 0 saturated carbocycles. The largest absolute Gasteiger partial charge is 0.464 e. The van der Waals surface area contributed by atoms with Gasteiger partial charge in [-0.25, -0.2) is 0 Å². The monoisotopic (exact) mass is 243 g/mol. The first kappa shape index (κ1) is 12.9. The molecule has 2 heteroatoms. The molecule has 0 unspecified atom stereocenters. The molecule has 96 valence electrons. The number of nitrogens with zero attached hydrogens (tertiary/aromatic N) is 1. The Bertz CT molecular complexity index is 563. The third-order valence-electron chi connectivity index (χ3n) is 3.32. The zero-order valence-corrected chi connectivity index (χ0v) is 11.7. The predicted octanol–water partition coefficient (Wildman–Crippen LogP) is 4.10. The van der Waals surface area contributed by atoms with Crippen LogP contribution in [0.3, 0.4) is 0 Å². The molecule has 0 N–H and O–H groups in total. The highest BCUT2D eigenvalue weighted by Crippen LogP contribution is 2.27. The van der Waals surface area contributed by atoms with Gasteiger partial charge in [-0.2, -0.15) is 0 Å². The van der Waals surface area contributed by atoms with E-state index in [-0.39, 0.29) is 0 Å². The quantitative estimate of drug-likeness (QED) is 0.804. The van der Waals surface area contributed by atoms with Gasteiger partial charge in [0.05, 0.1) is 6.26 Å². The average Bonchev–Trinajstić information content (AvgIpc) is 2.76. The lowest BCUT2D eigenvalue weighted by Crippen LogP contribution is -2.13. The topological polar surface area (TPSA) is 16.4 Å². The molecule has 2 nitrogen and oxygen atoms in total. The van der Waals surface area contributed by atoms with Gasteiger partial charge < -0.3 is 9.32 Å². The van der Waals surface area contributed by atoms with Crippen LogP contribution in [0.15, 0.2) is 35.0 Å². The molecule has 0 aliphatic heterocycles. The predicted molar refractivity (Wildman–Crippen MR) is 77.8 cm³/mol. The van der Waals surface area contributed by atoms with Crippen LogP contribution >= 0.6 is 0 Å². The summed E-state index contributed by atoms with van der Waals surface area (Å²) in [6.07, 6.45) is 5.03. The molecule has 18 heavy (non-hydrogen) atoms. The molecule has 0 fully saturated rings. The molecular weight excluding hydrogens is 222 g/mol. The highest BCUT2D eigenvalue weighted by Gasteiger charge is 2.08. The Kier molecular flexibility index (Phi) is 3.87. The van der Waals surface area contributed by atoms with Crippen LogP contribution in [0.25, 0.3) is 16.5 Å². The SMILES string of the molecule is C/C=C(/CCN(C)C)c1cc2occc2cc1C. The fourth-order valence-electron chi connectivity index (χ4n) is 2.25. The van der Waals surface area contributed by atoms with E-state index >= 15 is 0 Å². The van der Waals surface area contributed by atoms with Crippen LogP contribution in [0.5, 0.6) is 0 Å². The Morgan fingerprint density at radius 2 is 2.11 bits per heavy atom. The summed E-state index contributed by atoms with van der Waals surface area (Å²) in [6.45, 7) is 5.34. The molecule has 1 aromatic heterocycles. The average molecular weight is 243 g/mol. The van der Waals surface area contributed by atoms with Gasteiger partial charge in [0, 0.05) is 11.9 Å². The minimum absolute atomic E-state index is 0.972. The number of allylic oxidation sites excluding steroid dienone is 1. The van der Waals surface area contributed by atoms with Gasteiger partial charge in [0.2, 0.25) is 0 Å². The summed E-state index contributed by atoms with van der Waals surface area (Å²) in [5.41, 5.74) is 4.98. The summed E-state index contributed by atoms with van der Waals surface area (Å²) >= 11 is 0. The maximum Gasteiger partial charge on any atom is 0.134 e. The number of fused-ring (bicyclic) bond motifs is 1. The van der Waals surface area contributed by atoms with Gasteiger partial charge in [-0.3, -0.25) is 0 Å². The molecule has 2 rings (SSSR count). The number of aryl methyl sites for hydroxylation is 1. The molecule has 0 amide bonds. The van der Waals surface area contributed by atoms with E-state index in [2.05, 4.69) is 51.1 Å². The Hall–Kier alpha value is -1.54. The van der Waals surface area contributed by atoms with Crippen molar-refractivity contribution in [3.05, 3.63) is 41.7 Å². The van der Waals surface area contributed by atoms with Gasteiger partial charge in [-0.1, -0.05) is 6.08 Å². The highest BCUT2D eigenvalue weighted by atomic mass is 16.3. The van der Waals surface area contributed by atoms with Crippen LogP contribution in [-0.2, 0) is 0 Å². The summed E-state index contributed by atoms with van der Waals surface area (Å²) < 4.78 is 5.50. The highest BCUT2D eigenvalue weighted by molar-refractivity contribution is 5.84. The minimum atomic E-state index is 0.972. The zero-order valence-electron chi connectivity index (χ0n) is 11.7. The molecule has 0 aliphatic rings. The molecule has 0 radical (unpaired) electrons. The van der Waals surface area contributed by atoms with Crippen LogP contribution < -0.4 is 0 Å². The Labute approximate surface area is 109 Å². The van der Waals surface area contributed by atoms with Crippen molar-refractivity contribution >= 4 is 16.5 Å². The number of rotatable bonds is 4. The second kappa shape index (κ2) is 5.40. The van der Waals surface area contributed by atoms with Gasteiger partial charge in [0.1, 0.15) is 5.58 Å². The first-order chi connectivity index (χ1) is 8.61. The summed E-state index contributed by atoms with van der Waals surface area (Å²) in [5.74, 6) is 0. The summed E-state index contributed by atoms with van der Waals surface area (Å²) in [7, 11) is 4.21. The van der Waals surface area contributed by atoms with Crippen molar-refractivity contribution in [3.8, 4) is 0 Å². The van der Waals surface area contributed by atoms with E-state index in [9.17, 15) is 0 Å². The Balaban J connectivity index is 2.35. The Morgan fingerprint density at radius 1 is 1.33 bits per heavy atom. The summed E-state index contributed by atoms with van der Waals surface area (Å²) in [6, 6.07) is 6.38. The maximum absolute atomic E-state index is 5.50. The molecule has 0 bridgehead atoms. The summed E-state index contributed by atoms with van der Waals surface area (Å²) in [4.78, 5) is 2.21. The van der Waals surface area contributed by atoms with E-state index in [1.807, 2.05) is 6.07 Å². The second-order valence-electron chi connectivity index (χ2n) is 4.99. The van der Waals surface area contributed by atoms with Crippen molar-refractivity contribution in [1.82, 2.24) is 4.90 Å². The van der Waals surface area contributed by atoms with Crippen LogP contribution in [0.2, 0.25) is 0 Å². The Morgan fingerprint density at radius 3 is 2.78 bits per heavy atom. The summed E-state index contributed by atoms with van der Waals surface area (Å²) in [5, 5.41) is 1.18. The van der Waals surface area contributed by atoms with Crippen LogP contribution in [-0.4, -0.2) is 25.5 Å². The van der Waals surface area contributed by atoms with Gasteiger partial charge in [0.25, 0.3) is 0 Å². The molecule has 2 aromatic rings. The standard InChI is InChI=1S/C16H21NO/c1-5-13(6-8-17(3)4)15-11-16-14(7-9-18-16)10-12(15)2/h5,7,9-11H,6,8H2,1-4H3/b13-5-. The fourth-order valence-corrected chi connectivity index (χ4v) is 2.25. The van der Waals surface area contributed by atoms with E-state index in [1.54, 1.807) is 6.26 Å². The smallest absolute Gasteiger partial charge is 0.134 e. The molecule has 1 heterocycles. The third-order valence-corrected chi connectivity index (χ3v) is 3.32. The van der Waals surface area contributed by atoms with E-state index in [0.29, 0.717) is 0 Å². The number of furan rings is 1. The third kappa shape index (κ3) is 2.65. The first-order valence-corrected chi connectivity index (χ1v) is 6.40. The molecule has 0 spiro atoms. The van der Waals surface area contributed by atoms with Crippen molar-refractivity contribution in [2.75, 3.05) is 20.6 Å². The van der Waals surface area contributed by atoms with Crippen molar-refractivity contribution in [2.45, 2.75) is 20.3 Å². The molecular formula is C16H21NO. The van der Waals surface area contributed by atoms with Gasteiger partial charge in [-0.15, -0.1) is 0 Å². The van der Waals surface area contributed by atoms with Crippen LogP contribution in [0.1, 0.15) is 24.5 Å². The lowest BCUT2D eigenvalue weighted by atomic mass is 9.96. The van der Waals surface area contributed by atoms with Crippen LogP contribution in [0.4, 0.5) is 0 Å². The lowest BCUT2D eigenvalue weighted by Gasteiger charge is -2.14. The van der Waals surface area contributed by atoms with Crippen LogP contribution in [0, 0.1) is 6.92 Å². The van der Waals surface area contributed by atoms with E-state index in [4.69, 9.17) is 4.42 Å².